The fourth-order valence-electron chi connectivity index (χ4n) is 3.71. The van der Waals surface area contributed by atoms with Crippen LogP contribution in [0.4, 0.5) is 0 Å². The molecule has 1 nitrogen and oxygen atoms in total. The van der Waals surface area contributed by atoms with Gasteiger partial charge in [0, 0.05) is 6.04 Å². The average Bonchev–Trinajstić information content (AvgIpc) is 2.49. The Bertz CT molecular complexity index is 404. The average molecular weight is 287 g/mol. The predicted octanol–water partition coefficient (Wildman–Crippen LogP) is 5.12. The van der Waals surface area contributed by atoms with Crippen LogP contribution in [0.2, 0.25) is 0 Å². The molecule has 0 radical (unpaired) electrons. The lowest BCUT2D eigenvalue weighted by atomic mass is 9.78. The smallest absolute Gasteiger partial charge is 0.00984 e. The van der Waals surface area contributed by atoms with Crippen LogP contribution in [-0.4, -0.2) is 12.6 Å². The van der Waals surface area contributed by atoms with Crippen LogP contribution in [0.25, 0.3) is 0 Å². The first-order valence-electron chi connectivity index (χ1n) is 8.98. The van der Waals surface area contributed by atoms with Crippen molar-refractivity contribution in [3.05, 3.63) is 35.4 Å². The SMILES string of the molecule is CCCNC(CCc1cccc(C)c1)C1CCC(C)CC1. The van der Waals surface area contributed by atoms with E-state index >= 15 is 0 Å². The zero-order valence-corrected chi connectivity index (χ0v) is 14.2. The van der Waals surface area contributed by atoms with Crippen molar-refractivity contribution >= 4 is 0 Å². The Morgan fingerprint density at radius 3 is 2.62 bits per heavy atom. The van der Waals surface area contributed by atoms with E-state index in [1.165, 1.54) is 62.6 Å². The largest absolute Gasteiger partial charge is 0.314 e. The van der Waals surface area contributed by atoms with Crippen molar-refractivity contribution in [1.29, 1.82) is 0 Å². The van der Waals surface area contributed by atoms with Crippen LogP contribution in [0, 0.1) is 18.8 Å². The fraction of sp³-hybridized carbons (Fsp3) is 0.700. The summed E-state index contributed by atoms with van der Waals surface area (Å²) in [4.78, 5) is 0. The van der Waals surface area contributed by atoms with Gasteiger partial charge in [0.2, 0.25) is 0 Å². The van der Waals surface area contributed by atoms with E-state index in [1.807, 2.05) is 0 Å². The minimum Gasteiger partial charge on any atom is -0.314 e. The molecule has 21 heavy (non-hydrogen) atoms. The zero-order chi connectivity index (χ0) is 15.1. The topological polar surface area (TPSA) is 12.0 Å². The lowest BCUT2D eigenvalue weighted by Crippen LogP contribution is -2.38. The van der Waals surface area contributed by atoms with E-state index in [1.54, 1.807) is 0 Å². The molecule has 0 saturated heterocycles. The number of nitrogens with one attached hydrogen (secondary N) is 1. The Kier molecular flexibility index (Phi) is 6.76. The number of hydrogen-bond donors (Lipinski definition) is 1. The van der Waals surface area contributed by atoms with Crippen LogP contribution >= 0.6 is 0 Å². The van der Waals surface area contributed by atoms with Gasteiger partial charge in [0.15, 0.2) is 0 Å². The van der Waals surface area contributed by atoms with Crippen LogP contribution in [0.3, 0.4) is 0 Å². The fourth-order valence-corrected chi connectivity index (χ4v) is 3.71. The molecular formula is C20H33N. The highest BCUT2D eigenvalue weighted by atomic mass is 14.9. The summed E-state index contributed by atoms with van der Waals surface area (Å²) in [7, 11) is 0. The quantitative estimate of drug-likeness (QED) is 0.733. The van der Waals surface area contributed by atoms with Crippen LogP contribution < -0.4 is 5.32 Å². The molecular weight excluding hydrogens is 254 g/mol. The molecule has 0 spiro atoms. The van der Waals surface area contributed by atoms with E-state index in [2.05, 4.69) is 50.4 Å². The van der Waals surface area contributed by atoms with E-state index in [0.717, 1.165) is 17.9 Å². The van der Waals surface area contributed by atoms with Crippen LogP contribution in [0.15, 0.2) is 24.3 Å². The molecule has 2 rings (SSSR count). The molecule has 1 heteroatoms. The molecule has 0 heterocycles. The first-order valence-corrected chi connectivity index (χ1v) is 8.98. The summed E-state index contributed by atoms with van der Waals surface area (Å²) in [5.41, 5.74) is 2.89. The lowest BCUT2D eigenvalue weighted by Gasteiger charge is -2.33. The zero-order valence-electron chi connectivity index (χ0n) is 14.2. The molecule has 1 saturated carbocycles. The molecule has 0 aromatic heterocycles. The number of hydrogen-bond acceptors (Lipinski definition) is 1. The monoisotopic (exact) mass is 287 g/mol. The molecule has 1 aliphatic carbocycles. The van der Waals surface area contributed by atoms with Crippen molar-refractivity contribution in [1.82, 2.24) is 5.32 Å². The van der Waals surface area contributed by atoms with E-state index in [0.29, 0.717) is 0 Å². The van der Waals surface area contributed by atoms with Gasteiger partial charge in [-0.2, -0.15) is 0 Å². The minimum absolute atomic E-state index is 0.720. The number of benzene rings is 1. The maximum Gasteiger partial charge on any atom is 0.00984 e. The molecule has 1 atom stereocenters. The van der Waals surface area contributed by atoms with Gasteiger partial charge in [-0.05, 0) is 63.0 Å². The summed E-state index contributed by atoms with van der Waals surface area (Å²) in [6.07, 6.45) is 9.47. The van der Waals surface area contributed by atoms with Crippen molar-refractivity contribution in [2.24, 2.45) is 11.8 Å². The van der Waals surface area contributed by atoms with Gasteiger partial charge in [0.1, 0.15) is 0 Å². The lowest BCUT2D eigenvalue weighted by molar-refractivity contribution is 0.222. The molecule has 1 aromatic rings. The Hall–Kier alpha value is -0.820. The highest BCUT2D eigenvalue weighted by molar-refractivity contribution is 5.22. The molecule has 1 unspecified atom stereocenters. The standard InChI is InChI=1S/C20H33N/c1-4-14-21-20(19-11-8-16(2)9-12-19)13-10-18-7-5-6-17(3)15-18/h5-7,15-16,19-21H,4,8-14H2,1-3H3. The molecule has 1 N–H and O–H groups in total. The second-order valence-electron chi connectivity index (χ2n) is 7.11. The van der Waals surface area contributed by atoms with Crippen LogP contribution in [0.5, 0.6) is 0 Å². The van der Waals surface area contributed by atoms with E-state index in [-0.39, 0.29) is 0 Å². The summed E-state index contributed by atoms with van der Waals surface area (Å²) < 4.78 is 0. The van der Waals surface area contributed by atoms with E-state index in [4.69, 9.17) is 0 Å². The third-order valence-corrected chi connectivity index (χ3v) is 5.11. The van der Waals surface area contributed by atoms with Crippen molar-refractivity contribution in [2.45, 2.75) is 71.8 Å². The third kappa shape index (κ3) is 5.47. The van der Waals surface area contributed by atoms with Crippen molar-refractivity contribution in [2.75, 3.05) is 6.54 Å². The summed E-state index contributed by atoms with van der Waals surface area (Å²) in [5, 5.41) is 3.84. The van der Waals surface area contributed by atoms with Crippen molar-refractivity contribution in [3.8, 4) is 0 Å². The van der Waals surface area contributed by atoms with Gasteiger partial charge in [-0.15, -0.1) is 0 Å². The summed E-state index contributed by atoms with van der Waals surface area (Å²) in [6, 6.07) is 9.74. The highest BCUT2D eigenvalue weighted by Gasteiger charge is 2.25. The highest BCUT2D eigenvalue weighted by Crippen LogP contribution is 2.31. The number of aryl methyl sites for hydroxylation is 2. The maximum absolute atomic E-state index is 3.84. The van der Waals surface area contributed by atoms with Gasteiger partial charge in [-0.1, -0.05) is 56.5 Å². The van der Waals surface area contributed by atoms with Crippen LogP contribution in [0.1, 0.15) is 63.5 Å². The maximum atomic E-state index is 3.84. The van der Waals surface area contributed by atoms with Gasteiger partial charge in [-0.3, -0.25) is 0 Å². The van der Waals surface area contributed by atoms with Crippen molar-refractivity contribution in [3.63, 3.8) is 0 Å². The normalized spacial score (nSPS) is 24.0. The molecule has 1 aliphatic rings. The second kappa shape index (κ2) is 8.58. The first kappa shape index (κ1) is 16.5. The van der Waals surface area contributed by atoms with Gasteiger partial charge < -0.3 is 5.32 Å². The van der Waals surface area contributed by atoms with Gasteiger partial charge in [0.25, 0.3) is 0 Å². The Labute approximate surface area is 131 Å². The van der Waals surface area contributed by atoms with Crippen LogP contribution in [-0.2, 0) is 6.42 Å². The van der Waals surface area contributed by atoms with Gasteiger partial charge in [0.05, 0.1) is 0 Å². The van der Waals surface area contributed by atoms with E-state index < -0.39 is 0 Å². The molecule has 1 fully saturated rings. The second-order valence-corrected chi connectivity index (χ2v) is 7.11. The molecule has 118 valence electrons. The summed E-state index contributed by atoms with van der Waals surface area (Å²) in [5.74, 6) is 1.85. The van der Waals surface area contributed by atoms with E-state index in [9.17, 15) is 0 Å². The van der Waals surface area contributed by atoms with Gasteiger partial charge in [-0.25, -0.2) is 0 Å². The predicted molar refractivity (Wildman–Crippen MR) is 92.7 cm³/mol. The van der Waals surface area contributed by atoms with Gasteiger partial charge >= 0.3 is 0 Å². The summed E-state index contributed by atoms with van der Waals surface area (Å²) >= 11 is 0. The number of rotatable bonds is 7. The Balaban J connectivity index is 1.89. The Morgan fingerprint density at radius 1 is 1.19 bits per heavy atom. The molecule has 0 bridgehead atoms. The first-order chi connectivity index (χ1) is 10.2. The van der Waals surface area contributed by atoms with Crippen molar-refractivity contribution < 1.29 is 0 Å². The Morgan fingerprint density at radius 2 is 1.95 bits per heavy atom. The summed E-state index contributed by atoms with van der Waals surface area (Å²) in [6.45, 7) is 8.05. The molecule has 1 aromatic carbocycles. The third-order valence-electron chi connectivity index (χ3n) is 5.11. The minimum atomic E-state index is 0.720. The molecule has 0 aliphatic heterocycles. The molecule has 0 amide bonds.